The maximum absolute atomic E-state index is 13.2. The molecule has 0 spiro atoms. The quantitative estimate of drug-likeness (QED) is 0.817. The van der Waals surface area contributed by atoms with Gasteiger partial charge in [-0.05, 0) is 48.8 Å². The van der Waals surface area contributed by atoms with Crippen LogP contribution in [0.3, 0.4) is 0 Å². The van der Waals surface area contributed by atoms with Crippen molar-refractivity contribution in [3.05, 3.63) is 59.8 Å². The van der Waals surface area contributed by atoms with Crippen LogP contribution in [0.15, 0.2) is 48.7 Å². The number of carbonyl (C=O) groups is 1. The summed E-state index contributed by atoms with van der Waals surface area (Å²) in [6, 6.07) is 13.9. The largest absolute Gasteiger partial charge is 0.477 e. The third-order valence-electron chi connectivity index (χ3n) is 5.52. The van der Waals surface area contributed by atoms with Crippen LogP contribution in [-0.2, 0) is 21.5 Å². The number of benzene rings is 1. The van der Waals surface area contributed by atoms with Crippen LogP contribution < -0.4 is 10.1 Å². The van der Waals surface area contributed by atoms with Crippen LogP contribution in [0.4, 0.5) is 0 Å². The molecule has 4 rings (SSSR count). The second-order valence-corrected chi connectivity index (χ2v) is 7.50. The first-order chi connectivity index (χ1) is 13.3. The maximum Gasteiger partial charge on any atom is 0.231 e. The molecule has 2 fully saturated rings. The Hall–Kier alpha value is -2.40. The summed E-state index contributed by atoms with van der Waals surface area (Å²) >= 11 is 0. The van der Waals surface area contributed by atoms with Gasteiger partial charge in [-0.3, -0.25) is 4.79 Å². The van der Waals surface area contributed by atoms with E-state index in [-0.39, 0.29) is 5.91 Å². The van der Waals surface area contributed by atoms with Crippen LogP contribution in [-0.4, -0.2) is 30.7 Å². The average Bonchev–Trinajstić information content (AvgIpc) is 3.56. The SMILES string of the molecule is O=C(NCc1ccnc(OCC2CC2)c1)C1(c2ccccc2)CCOCC1. The fraction of sp³-hybridized carbons (Fsp3) is 0.455. The number of carbonyl (C=O) groups excluding carboxylic acids is 1. The number of nitrogens with one attached hydrogen (secondary N) is 1. The maximum atomic E-state index is 13.2. The Morgan fingerprint density at radius 1 is 1.19 bits per heavy atom. The summed E-state index contributed by atoms with van der Waals surface area (Å²) in [5.41, 5.74) is 1.55. The summed E-state index contributed by atoms with van der Waals surface area (Å²) in [4.78, 5) is 17.5. The molecule has 0 atom stereocenters. The fourth-order valence-electron chi connectivity index (χ4n) is 3.60. The zero-order valence-corrected chi connectivity index (χ0v) is 15.5. The zero-order chi connectivity index (χ0) is 18.5. The van der Waals surface area contributed by atoms with Gasteiger partial charge in [-0.2, -0.15) is 0 Å². The van der Waals surface area contributed by atoms with Gasteiger partial charge in [-0.1, -0.05) is 30.3 Å². The van der Waals surface area contributed by atoms with E-state index in [9.17, 15) is 4.79 Å². The Bertz CT molecular complexity index is 768. The minimum atomic E-state index is -0.516. The molecule has 0 bridgehead atoms. The van der Waals surface area contributed by atoms with Crippen molar-refractivity contribution in [2.24, 2.45) is 5.92 Å². The molecule has 2 heterocycles. The standard InChI is InChI=1S/C22H26N2O3/c25-21(22(9-12-26-13-10-22)19-4-2-1-3-5-19)24-15-18-8-11-23-20(14-18)27-16-17-6-7-17/h1-5,8,11,14,17H,6-7,9-10,12-13,15-16H2,(H,24,25). The van der Waals surface area contributed by atoms with E-state index in [1.54, 1.807) is 6.20 Å². The van der Waals surface area contributed by atoms with Crippen LogP contribution in [0, 0.1) is 5.92 Å². The van der Waals surface area contributed by atoms with Crippen LogP contribution >= 0.6 is 0 Å². The number of rotatable bonds is 7. The van der Waals surface area contributed by atoms with E-state index in [0.29, 0.717) is 44.4 Å². The van der Waals surface area contributed by atoms with E-state index in [1.165, 1.54) is 12.8 Å². The summed E-state index contributed by atoms with van der Waals surface area (Å²) in [7, 11) is 0. The van der Waals surface area contributed by atoms with E-state index >= 15 is 0 Å². The van der Waals surface area contributed by atoms with Gasteiger partial charge in [0.1, 0.15) is 0 Å². The van der Waals surface area contributed by atoms with Crippen LogP contribution in [0.2, 0.25) is 0 Å². The van der Waals surface area contributed by atoms with E-state index in [0.717, 1.165) is 17.7 Å². The average molecular weight is 366 g/mol. The van der Waals surface area contributed by atoms with Crippen molar-refractivity contribution in [2.45, 2.75) is 37.6 Å². The first-order valence-electron chi connectivity index (χ1n) is 9.76. The van der Waals surface area contributed by atoms with Gasteiger partial charge < -0.3 is 14.8 Å². The highest BCUT2D eigenvalue weighted by Gasteiger charge is 2.41. The van der Waals surface area contributed by atoms with Gasteiger partial charge in [-0.25, -0.2) is 4.98 Å². The summed E-state index contributed by atoms with van der Waals surface area (Å²) in [6.07, 6.45) is 5.65. The molecule has 1 amide bonds. The number of pyridine rings is 1. The van der Waals surface area contributed by atoms with Gasteiger partial charge in [0, 0.05) is 32.0 Å². The van der Waals surface area contributed by atoms with Crippen molar-refractivity contribution in [1.29, 1.82) is 0 Å². The van der Waals surface area contributed by atoms with Gasteiger partial charge in [-0.15, -0.1) is 0 Å². The first kappa shape index (κ1) is 18.0. The Kier molecular flexibility index (Phi) is 5.39. The molecule has 27 heavy (non-hydrogen) atoms. The smallest absolute Gasteiger partial charge is 0.231 e. The number of ether oxygens (including phenoxy) is 2. The lowest BCUT2D eigenvalue weighted by Crippen LogP contribution is -2.47. The lowest BCUT2D eigenvalue weighted by molar-refractivity contribution is -0.130. The third kappa shape index (κ3) is 4.30. The molecule has 1 saturated carbocycles. The monoisotopic (exact) mass is 366 g/mol. The molecule has 0 radical (unpaired) electrons. The Morgan fingerprint density at radius 2 is 1.96 bits per heavy atom. The molecule has 142 valence electrons. The predicted octanol–water partition coefficient (Wildman–Crippen LogP) is 3.24. The normalized spacial score (nSPS) is 18.7. The summed E-state index contributed by atoms with van der Waals surface area (Å²) in [5.74, 6) is 1.39. The number of amides is 1. The minimum Gasteiger partial charge on any atom is -0.477 e. The molecule has 2 aliphatic rings. The molecule has 0 unspecified atom stereocenters. The zero-order valence-electron chi connectivity index (χ0n) is 15.5. The summed E-state index contributed by atoms with van der Waals surface area (Å²) in [6.45, 7) is 2.42. The predicted molar refractivity (Wildman–Crippen MR) is 102 cm³/mol. The highest BCUT2D eigenvalue weighted by Crippen LogP contribution is 2.35. The van der Waals surface area contributed by atoms with Crippen molar-refractivity contribution in [3.8, 4) is 5.88 Å². The van der Waals surface area contributed by atoms with Crippen molar-refractivity contribution < 1.29 is 14.3 Å². The highest BCUT2D eigenvalue weighted by molar-refractivity contribution is 5.88. The van der Waals surface area contributed by atoms with Gasteiger partial charge in [0.15, 0.2) is 0 Å². The summed E-state index contributed by atoms with van der Waals surface area (Å²) in [5, 5.41) is 3.13. The molecule has 5 nitrogen and oxygen atoms in total. The van der Waals surface area contributed by atoms with Crippen LogP contribution in [0.5, 0.6) is 5.88 Å². The molecule has 1 aromatic carbocycles. The second kappa shape index (κ2) is 8.09. The fourth-order valence-corrected chi connectivity index (χ4v) is 3.60. The Balaban J connectivity index is 1.43. The lowest BCUT2D eigenvalue weighted by atomic mass is 9.73. The molecular formula is C22H26N2O3. The molecule has 1 saturated heterocycles. The second-order valence-electron chi connectivity index (χ2n) is 7.50. The van der Waals surface area contributed by atoms with Gasteiger partial charge in [0.2, 0.25) is 11.8 Å². The van der Waals surface area contributed by atoms with E-state index < -0.39 is 5.41 Å². The topological polar surface area (TPSA) is 60.5 Å². The molecule has 1 aliphatic carbocycles. The van der Waals surface area contributed by atoms with Crippen molar-refractivity contribution in [3.63, 3.8) is 0 Å². The van der Waals surface area contributed by atoms with Gasteiger partial charge in [0.05, 0.1) is 12.0 Å². The summed E-state index contributed by atoms with van der Waals surface area (Å²) < 4.78 is 11.3. The first-order valence-corrected chi connectivity index (χ1v) is 9.76. The van der Waals surface area contributed by atoms with E-state index in [2.05, 4.69) is 10.3 Å². The van der Waals surface area contributed by atoms with E-state index in [4.69, 9.17) is 9.47 Å². The Labute approximate surface area is 160 Å². The highest BCUT2D eigenvalue weighted by atomic mass is 16.5. The minimum absolute atomic E-state index is 0.0641. The number of hydrogen-bond acceptors (Lipinski definition) is 4. The number of aromatic nitrogens is 1. The van der Waals surface area contributed by atoms with Gasteiger partial charge in [0.25, 0.3) is 0 Å². The number of hydrogen-bond donors (Lipinski definition) is 1. The van der Waals surface area contributed by atoms with Crippen molar-refractivity contribution in [2.75, 3.05) is 19.8 Å². The van der Waals surface area contributed by atoms with Crippen LogP contribution in [0.25, 0.3) is 0 Å². The molecule has 2 aromatic rings. The number of nitrogens with zero attached hydrogens (tertiary/aromatic N) is 1. The van der Waals surface area contributed by atoms with Gasteiger partial charge >= 0.3 is 0 Å². The third-order valence-corrected chi connectivity index (χ3v) is 5.52. The Morgan fingerprint density at radius 3 is 2.70 bits per heavy atom. The van der Waals surface area contributed by atoms with Crippen LogP contribution in [0.1, 0.15) is 36.8 Å². The molecule has 1 aromatic heterocycles. The molecule has 5 heteroatoms. The van der Waals surface area contributed by atoms with Crippen molar-refractivity contribution >= 4 is 5.91 Å². The molecular weight excluding hydrogens is 340 g/mol. The lowest BCUT2D eigenvalue weighted by Gasteiger charge is -2.36. The molecule has 1 N–H and O–H groups in total. The van der Waals surface area contributed by atoms with E-state index in [1.807, 2.05) is 42.5 Å². The van der Waals surface area contributed by atoms with Crippen molar-refractivity contribution in [1.82, 2.24) is 10.3 Å². The molecule has 1 aliphatic heterocycles.